The molecule has 7 nitrogen and oxygen atoms in total. The second-order valence-corrected chi connectivity index (χ2v) is 6.33. The molecule has 0 aliphatic rings. The lowest BCUT2D eigenvalue weighted by molar-refractivity contribution is 0.333. The number of hydrogen-bond donors (Lipinski definition) is 3. The summed E-state index contributed by atoms with van der Waals surface area (Å²) in [4.78, 5) is 4.49. The second kappa shape index (κ2) is 9.83. The first-order valence-electron chi connectivity index (χ1n) is 8.39. The minimum absolute atomic E-state index is 0. The molecule has 0 atom stereocenters. The molecule has 146 valence electrons. The summed E-state index contributed by atoms with van der Waals surface area (Å²) in [6.07, 6.45) is 0. The Morgan fingerprint density at radius 3 is 2.68 bits per heavy atom. The quantitative estimate of drug-likeness (QED) is 0.484. The molecule has 2 aromatic heterocycles. The number of H-pyrrole nitrogens is 1. The van der Waals surface area contributed by atoms with Gasteiger partial charge in [0.25, 0.3) is 0 Å². The third-order valence-electron chi connectivity index (χ3n) is 3.78. The van der Waals surface area contributed by atoms with Crippen molar-refractivity contribution in [3.8, 4) is 11.8 Å². The number of aromatic nitrogens is 3. The molecule has 3 aromatic rings. The molecule has 0 amide bonds. The number of nitrogens with one attached hydrogen (secondary N) is 3. The average Bonchev–Trinajstić information content (AvgIpc) is 3.04. The third-order valence-corrected chi connectivity index (χ3v) is 4.09. The highest BCUT2D eigenvalue weighted by atomic mass is 35.5. The number of ether oxygens (including phenoxy) is 1. The number of aromatic amines is 1. The Labute approximate surface area is 174 Å². The highest BCUT2D eigenvalue weighted by Gasteiger charge is 2.11. The summed E-state index contributed by atoms with van der Waals surface area (Å²) >= 11 is 6.07. The number of benzene rings is 1. The van der Waals surface area contributed by atoms with Crippen molar-refractivity contribution in [1.82, 2.24) is 15.2 Å². The Balaban J connectivity index is 0.00000280. The zero-order chi connectivity index (χ0) is 19.2. The van der Waals surface area contributed by atoms with E-state index in [1.54, 1.807) is 6.07 Å². The second-order valence-electron chi connectivity index (χ2n) is 5.93. The summed E-state index contributed by atoms with van der Waals surface area (Å²) in [7, 11) is 0. The van der Waals surface area contributed by atoms with Crippen LogP contribution in [-0.4, -0.2) is 28.3 Å². The predicted molar refractivity (Wildman–Crippen MR) is 113 cm³/mol. The molecule has 1 aromatic carbocycles. The van der Waals surface area contributed by atoms with Gasteiger partial charge in [0, 0.05) is 11.8 Å². The monoisotopic (exact) mass is 418 g/mol. The summed E-state index contributed by atoms with van der Waals surface area (Å²) in [6.45, 7) is 4.64. The fourth-order valence-electron chi connectivity index (χ4n) is 2.51. The van der Waals surface area contributed by atoms with Crippen molar-refractivity contribution in [2.45, 2.75) is 13.8 Å². The van der Waals surface area contributed by atoms with Gasteiger partial charge in [-0.05, 0) is 37.6 Å². The molecule has 9 heteroatoms. The highest BCUT2D eigenvalue weighted by Crippen LogP contribution is 2.24. The maximum atomic E-state index is 9.44. The number of nitriles is 1. The van der Waals surface area contributed by atoms with Gasteiger partial charge >= 0.3 is 0 Å². The lowest BCUT2D eigenvalue weighted by Crippen LogP contribution is -2.14. The molecular weight excluding hydrogens is 399 g/mol. The number of rotatable bonds is 7. The van der Waals surface area contributed by atoms with Gasteiger partial charge in [-0.2, -0.15) is 10.4 Å². The summed E-state index contributed by atoms with van der Waals surface area (Å²) in [5.74, 6) is 2.38. The van der Waals surface area contributed by atoms with Gasteiger partial charge < -0.3 is 15.4 Å². The first kappa shape index (κ1) is 21.4. The van der Waals surface area contributed by atoms with E-state index in [4.69, 9.17) is 16.3 Å². The summed E-state index contributed by atoms with van der Waals surface area (Å²) < 4.78 is 5.66. The Hall–Kier alpha value is -2.95. The van der Waals surface area contributed by atoms with E-state index in [1.165, 1.54) is 0 Å². The van der Waals surface area contributed by atoms with E-state index >= 15 is 0 Å². The van der Waals surface area contributed by atoms with Gasteiger partial charge in [0.15, 0.2) is 5.82 Å². The van der Waals surface area contributed by atoms with Crippen molar-refractivity contribution in [2.24, 2.45) is 0 Å². The Bertz CT molecular complexity index is 983. The van der Waals surface area contributed by atoms with Gasteiger partial charge in [-0.3, -0.25) is 5.10 Å². The van der Waals surface area contributed by atoms with Crippen molar-refractivity contribution in [1.29, 1.82) is 5.26 Å². The minimum atomic E-state index is 0. The molecule has 28 heavy (non-hydrogen) atoms. The molecule has 0 saturated carbocycles. The molecule has 0 spiro atoms. The van der Waals surface area contributed by atoms with Crippen LogP contribution in [0.1, 0.15) is 16.8 Å². The number of nitrogens with zero attached hydrogens (tertiary/aromatic N) is 3. The van der Waals surface area contributed by atoms with E-state index in [9.17, 15) is 5.26 Å². The number of halogens is 2. The van der Waals surface area contributed by atoms with E-state index in [0.29, 0.717) is 46.9 Å². The van der Waals surface area contributed by atoms with Crippen molar-refractivity contribution in [3.63, 3.8) is 0 Å². The molecule has 0 aliphatic heterocycles. The first-order valence-corrected chi connectivity index (χ1v) is 8.76. The number of anilines is 3. The fraction of sp³-hybridized carbons (Fsp3) is 0.211. The minimum Gasteiger partial charge on any atom is -0.490 e. The van der Waals surface area contributed by atoms with Crippen LogP contribution in [0.3, 0.4) is 0 Å². The fourth-order valence-corrected chi connectivity index (χ4v) is 2.70. The molecule has 3 rings (SSSR count). The van der Waals surface area contributed by atoms with Crippen molar-refractivity contribution < 1.29 is 4.74 Å². The zero-order valence-electron chi connectivity index (χ0n) is 15.4. The highest BCUT2D eigenvalue weighted by molar-refractivity contribution is 6.32. The Kier molecular flexibility index (Phi) is 7.50. The number of para-hydroxylation sites is 1. The topological polar surface area (TPSA) is 98.7 Å². The van der Waals surface area contributed by atoms with Crippen LogP contribution >= 0.6 is 24.0 Å². The molecule has 2 heterocycles. The van der Waals surface area contributed by atoms with Crippen LogP contribution in [0.2, 0.25) is 5.02 Å². The van der Waals surface area contributed by atoms with Crippen LogP contribution in [0.15, 0.2) is 36.4 Å². The van der Waals surface area contributed by atoms with Crippen LogP contribution < -0.4 is 15.4 Å². The van der Waals surface area contributed by atoms with E-state index in [0.717, 1.165) is 11.3 Å². The molecule has 0 aliphatic carbocycles. The van der Waals surface area contributed by atoms with Gasteiger partial charge in [0.05, 0.1) is 17.1 Å². The Morgan fingerprint density at radius 2 is 2.00 bits per heavy atom. The SMILES string of the molecule is Cc1cc(Nc2cc(C)c(C#N)c(NCCOc3ccccc3Cl)n2)n[nH]1.Cl. The number of pyridine rings is 1. The summed E-state index contributed by atoms with van der Waals surface area (Å²) in [5.41, 5.74) is 2.26. The van der Waals surface area contributed by atoms with Crippen LogP contribution in [0, 0.1) is 25.2 Å². The smallest absolute Gasteiger partial charge is 0.153 e. The molecule has 0 fully saturated rings. The summed E-state index contributed by atoms with van der Waals surface area (Å²) in [5, 5.41) is 23.3. The molecule has 0 unspecified atom stereocenters. The molecule has 3 N–H and O–H groups in total. The maximum Gasteiger partial charge on any atom is 0.153 e. The normalized spacial score (nSPS) is 9.93. The number of hydrogen-bond acceptors (Lipinski definition) is 6. The van der Waals surface area contributed by atoms with Crippen LogP contribution in [-0.2, 0) is 0 Å². The maximum absolute atomic E-state index is 9.44. The van der Waals surface area contributed by atoms with E-state index in [2.05, 4.69) is 31.9 Å². The third kappa shape index (κ3) is 5.28. The average molecular weight is 419 g/mol. The first-order chi connectivity index (χ1) is 13.1. The van der Waals surface area contributed by atoms with Crippen LogP contribution in [0.5, 0.6) is 5.75 Å². The van der Waals surface area contributed by atoms with Gasteiger partial charge in [-0.15, -0.1) is 12.4 Å². The molecule has 0 saturated heterocycles. The largest absolute Gasteiger partial charge is 0.490 e. The zero-order valence-corrected chi connectivity index (χ0v) is 17.0. The molecular formula is C19H20Cl2N6O. The van der Waals surface area contributed by atoms with Gasteiger partial charge in [-0.1, -0.05) is 23.7 Å². The Morgan fingerprint density at radius 1 is 1.21 bits per heavy atom. The van der Waals surface area contributed by atoms with Gasteiger partial charge in [0.1, 0.15) is 30.1 Å². The van der Waals surface area contributed by atoms with Gasteiger partial charge in [0.2, 0.25) is 0 Å². The molecule has 0 bridgehead atoms. The van der Waals surface area contributed by atoms with E-state index in [1.807, 2.05) is 44.2 Å². The predicted octanol–water partition coefficient (Wildman–Crippen LogP) is 4.60. The standard InChI is InChI=1S/C19H19ClN6O.ClH/c1-12-9-17(23-18-10-13(2)25-26-18)24-19(14(12)11-21)22-7-8-27-16-6-4-3-5-15(16)20;/h3-6,9-10H,7-8H2,1-2H3,(H3,22,23,24,25,26);1H. The molecule has 0 radical (unpaired) electrons. The van der Waals surface area contributed by atoms with Crippen molar-refractivity contribution in [2.75, 3.05) is 23.8 Å². The van der Waals surface area contributed by atoms with Crippen LogP contribution in [0.25, 0.3) is 0 Å². The lowest BCUT2D eigenvalue weighted by Gasteiger charge is -2.13. The number of aryl methyl sites for hydroxylation is 2. The van der Waals surface area contributed by atoms with Gasteiger partial charge in [-0.25, -0.2) is 4.98 Å². The van der Waals surface area contributed by atoms with Crippen molar-refractivity contribution >= 4 is 41.5 Å². The van der Waals surface area contributed by atoms with Crippen molar-refractivity contribution in [3.05, 3.63) is 58.2 Å². The lowest BCUT2D eigenvalue weighted by atomic mass is 10.1. The van der Waals surface area contributed by atoms with E-state index < -0.39 is 0 Å². The van der Waals surface area contributed by atoms with E-state index in [-0.39, 0.29) is 12.4 Å². The summed E-state index contributed by atoms with van der Waals surface area (Å²) in [6, 6.07) is 13.2. The van der Waals surface area contributed by atoms with Crippen LogP contribution in [0.4, 0.5) is 17.5 Å².